The molecule has 0 heterocycles. The molecule has 0 aliphatic heterocycles. The van der Waals surface area contributed by atoms with Gasteiger partial charge in [-0.15, -0.1) is 0 Å². The second kappa shape index (κ2) is 6.85. The lowest BCUT2D eigenvalue weighted by atomic mass is 10.0. The van der Waals surface area contributed by atoms with Crippen LogP contribution >= 0.6 is 0 Å². The van der Waals surface area contributed by atoms with Crippen molar-refractivity contribution in [3.8, 4) is 0 Å². The molecule has 0 unspecified atom stereocenters. The summed E-state index contributed by atoms with van der Waals surface area (Å²) in [5, 5.41) is 0. The molecular weight excluding hydrogens is 270 g/mol. The Labute approximate surface area is 134 Å². The zero-order valence-corrected chi connectivity index (χ0v) is 14.1. The predicted octanol–water partition coefficient (Wildman–Crippen LogP) is 4.88. The molecule has 22 heavy (non-hydrogen) atoms. The molecule has 2 nitrogen and oxygen atoms in total. The van der Waals surface area contributed by atoms with Crippen molar-refractivity contribution in [1.82, 2.24) is 4.90 Å². The third kappa shape index (κ3) is 3.91. The van der Waals surface area contributed by atoms with Crippen LogP contribution in [0.5, 0.6) is 0 Å². The lowest BCUT2D eigenvalue weighted by molar-refractivity contribution is -0.133. The van der Waals surface area contributed by atoms with E-state index in [0.717, 1.165) is 13.0 Å². The second-order valence-corrected chi connectivity index (χ2v) is 7.50. The van der Waals surface area contributed by atoms with Crippen molar-refractivity contribution in [1.29, 1.82) is 0 Å². The molecule has 3 rings (SSSR count). The molecular formula is C20H29NO. The van der Waals surface area contributed by atoms with Gasteiger partial charge < -0.3 is 4.90 Å². The number of carbonyl (C=O) groups excluding carboxylic acids is 1. The molecule has 2 saturated carbocycles. The van der Waals surface area contributed by atoms with Gasteiger partial charge in [-0.3, -0.25) is 4.79 Å². The number of rotatable bonds is 6. The summed E-state index contributed by atoms with van der Waals surface area (Å²) in [4.78, 5) is 14.8. The molecule has 0 aromatic heterocycles. The SMILES string of the molecule is CC(C)c1ccc(CN(C(=O)CC2CCCC2)C2CC2)cc1. The summed E-state index contributed by atoms with van der Waals surface area (Å²) in [7, 11) is 0. The zero-order chi connectivity index (χ0) is 15.5. The smallest absolute Gasteiger partial charge is 0.223 e. The highest BCUT2D eigenvalue weighted by Crippen LogP contribution is 2.33. The van der Waals surface area contributed by atoms with Gasteiger partial charge in [-0.25, -0.2) is 0 Å². The van der Waals surface area contributed by atoms with Crippen LogP contribution in [-0.4, -0.2) is 16.8 Å². The van der Waals surface area contributed by atoms with Gasteiger partial charge in [0.15, 0.2) is 0 Å². The summed E-state index contributed by atoms with van der Waals surface area (Å²) < 4.78 is 0. The standard InChI is InChI=1S/C20H29NO/c1-15(2)18-9-7-17(8-10-18)14-21(19-11-12-19)20(22)13-16-5-3-4-6-16/h7-10,15-16,19H,3-6,11-14H2,1-2H3. The fourth-order valence-corrected chi connectivity index (χ4v) is 3.59. The molecule has 1 aromatic carbocycles. The van der Waals surface area contributed by atoms with Crippen LogP contribution in [0.4, 0.5) is 0 Å². The number of benzene rings is 1. The predicted molar refractivity (Wildman–Crippen MR) is 90.7 cm³/mol. The largest absolute Gasteiger partial charge is 0.335 e. The fraction of sp³-hybridized carbons (Fsp3) is 0.650. The van der Waals surface area contributed by atoms with Crippen LogP contribution in [-0.2, 0) is 11.3 Å². The highest BCUT2D eigenvalue weighted by atomic mass is 16.2. The molecule has 0 bridgehead atoms. The van der Waals surface area contributed by atoms with E-state index in [1.807, 2.05) is 0 Å². The first-order chi connectivity index (χ1) is 10.6. The summed E-state index contributed by atoms with van der Waals surface area (Å²) in [5.74, 6) is 1.61. The van der Waals surface area contributed by atoms with E-state index < -0.39 is 0 Å². The first-order valence-corrected chi connectivity index (χ1v) is 9.02. The Kier molecular flexibility index (Phi) is 4.85. The molecule has 2 heteroatoms. The highest BCUT2D eigenvalue weighted by molar-refractivity contribution is 5.77. The third-order valence-corrected chi connectivity index (χ3v) is 5.25. The van der Waals surface area contributed by atoms with E-state index in [4.69, 9.17) is 0 Å². The average molecular weight is 299 g/mol. The van der Waals surface area contributed by atoms with Gasteiger partial charge in [-0.1, -0.05) is 51.0 Å². The Morgan fingerprint density at radius 3 is 2.27 bits per heavy atom. The van der Waals surface area contributed by atoms with Crippen LogP contribution in [0.3, 0.4) is 0 Å². The second-order valence-electron chi connectivity index (χ2n) is 7.50. The maximum atomic E-state index is 12.7. The van der Waals surface area contributed by atoms with Gasteiger partial charge in [-0.2, -0.15) is 0 Å². The zero-order valence-electron chi connectivity index (χ0n) is 14.1. The van der Waals surface area contributed by atoms with Crippen molar-refractivity contribution in [2.45, 2.75) is 77.3 Å². The molecule has 1 amide bonds. The molecule has 1 aromatic rings. The van der Waals surface area contributed by atoms with Crippen LogP contribution in [0.1, 0.15) is 75.8 Å². The summed E-state index contributed by atoms with van der Waals surface area (Å²) in [6.07, 6.45) is 8.32. The average Bonchev–Trinajstić information content (AvgIpc) is 3.22. The third-order valence-electron chi connectivity index (χ3n) is 5.25. The van der Waals surface area contributed by atoms with E-state index in [-0.39, 0.29) is 0 Å². The van der Waals surface area contributed by atoms with Crippen LogP contribution in [0.2, 0.25) is 0 Å². The van der Waals surface area contributed by atoms with Gasteiger partial charge in [-0.05, 0) is 48.6 Å². The van der Waals surface area contributed by atoms with Crippen LogP contribution in [0, 0.1) is 5.92 Å². The first-order valence-electron chi connectivity index (χ1n) is 9.02. The summed E-state index contributed by atoms with van der Waals surface area (Å²) >= 11 is 0. The van der Waals surface area contributed by atoms with Gasteiger partial charge in [0.1, 0.15) is 0 Å². The maximum Gasteiger partial charge on any atom is 0.223 e. The molecule has 0 saturated heterocycles. The maximum absolute atomic E-state index is 12.7. The Hall–Kier alpha value is -1.31. The summed E-state index contributed by atoms with van der Waals surface area (Å²) in [6.45, 7) is 5.24. The van der Waals surface area contributed by atoms with E-state index in [1.165, 1.54) is 49.7 Å². The Morgan fingerprint density at radius 1 is 1.09 bits per heavy atom. The molecule has 0 atom stereocenters. The lowest BCUT2D eigenvalue weighted by Gasteiger charge is -2.24. The molecule has 120 valence electrons. The monoisotopic (exact) mass is 299 g/mol. The molecule has 0 N–H and O–H groups in total. The van der Waals surface area contributed by atoms with Crippen molar-refractivity contribution in [3.05, 3.63) is 35.4 Å². The van der Waals surface area contributed by atoms with Crippen molar-refractivity contribution in [2.75, 3.05) is 0 Å². The van der Waals surface area contributed by atoms with Gasteiger partial charge in [0.2, 0.25) is 5.91 Å². The number of nitrogens with zero attached hydrogens (tertiary/aromatic N) is 1. The van der Waals surface area contributed by atoms with Crippen LogP contribution in [0.15, 0.2) is 24.3 Å². The normalized spacial score (nSPS) is 18.9. The van der Waals surface area contributed by atoms with E-state index in [2.05, 4.69) is 43.0 Å². The quantitative estimate of drug-likeness (QED) is 0.733. The lowest BCUT2D eigenvalue weighted by Crippen LogP contribution is -2.33. The van der Waals surface area contributed by atoms with E-state index in [1.54, 1.807) is 0 Å². The Morgan fingerprint density at radius 2 is 1.73 bits per heavy atom. The minimum atomic E-state index is 0.391. The Balaban J connectivity index is 1.62. The number of carbonyl (C=O) groups is 1. The summed E-state index contributed by atoms with van der Waals surface area (Å²) in [5.41, 5.74) is 2.65. The first kappa shape index (κ1) is 15.6. The van der Waals surface area contributed by atoms with E-state index in [0.29, 0.717) is 23.8 Å². The molecule has 2 fully saturated rings. The van der Waals surface area contributed by atoms with E-state index in [9.17, 15) is 4.79 Å². The number of hydrogen-bond acceptors (Lipinski definition) is 1. The van der Waals surface area contributed by atoms with Gasteiger partial charge in [0.25, 0.3) is 0 Å². The molecule has 2 aliphatic carbocycles. The number of amides is 1. The molecule has 2 aliphatic rings. The number of hydrogen-bond donors (Lipinski definition) is 0. The van der Waals surface area contributed by atoms with Gasteiger partial charge >= 0.3 is 0 Å². The minimum absolute atomic E-state index is 0.391. The molecule has 0 radical (unpaired) electrons. The fourth-order valence-electron chi connectivity index (χ4n) is 3.59. The van der Waals surface area contributed by atoms with Crippen molar-refractivity contribution >= 4 is 5.91 Å². The minimum Gasteiger partial charge on any atom is -0.335 e. The van der Waals surface area contributed by atoms with Crippen molar-refractivity contribution < 1.29 is 4.79 Å². The van der Waals surface area contributed by atoms with E-state index >= 15 is 0 Å². The Bertz CT molecular complexity index is 495. The highest BCUT2D eigenvalue weighted by Gasteiger charge is 2.33. The summed E-state index contributed by atoms with van der Waals surface area (Å²) in [6, 6.07) is 9.35. The topological polar surface area (TPSA) is 20.3 Å². The van der Waals surface area contributed by atoms with Gasteiger partial charge in [0.05, 0.1) is 0 Å². The molecule has 0 spiro atoms. The van der Waals surface area contributed by atoms with Crippen molar-refractivity contribution in [2.24, 2.45) is 5.92 Å². The van der Waals surface area contributed by atoms with Crippen molar-refractivity contribution in [3.63, 3.8) is 0 Å². The van der Waals surface area contributed by atoms with Crippen LogP contribution in [0.25, 0.3) is 0 Å². The van der Waals surface area contributed by atoms with Crippen LogP contribution < -0.4 is 0 Å². The van der Waals surface area contributed by atoms with Gasteiger partial charge in [0, 0.05) is 19.0 Å².